The Hall–Kier alpha value is -1.81. The normalized spacial score (nSPS) is 17.0. The van der Waals surface area contributed by atoms with Crippen LogP contribution in [0.25, 0.3) is 0 Å². The van der Waals surface area contributed by atoms with Crippen LogP contribution in [0.5, 0.6) is 5.75 Å². The Morgan fingerprint density at radius 1 is 1.38 bits per heavy atom. The van der Waals surface area contributed by atoms with Gasteiger partial charge >= 0.3 is 0 Å². The number of hydrogen-bond donors (Lipinski definition) is 1. The zero-order chi connectivity index (χ0) is 14.7. The summed E-state index contributed by atoms with van der Waals surface area (Å²) in [6.45, 7) is 7.97. The highest BCUT2D eigenvalue weighted by molar-refractivity contribution is 5.39. The van der Waals surface area contributed by atoms with Gasteiger partial charge in [0.15, 0.2) is 0 Å². The van der Waals surface area contributed by atoms with Crippen LogP contribution in [0.3, 0.4) is 0 Å². The number of aromatic nitrogens is 2. The average molecular weight is 285 g/mol. The Bertz CT molecular complexity index is 591. The van der Waals surface area contributed by atoms with E-state index >= 15 is 0 Å². The van der Waals surface area contributed by atoms with E-state index in [0.717, 1.165) is 37.7 Å². The van der Waals surface area contributed by atoms with Gasteiger partial charge in [0.1, 0.15) is 5.75 Å². The molecule has 3 rings (SSSR count). The Morgan fingerprint density at radius 2 is 2.24 bits per heavy atom. The maximum Gasteiger partial charge on any atom is 0.122 e. The van der Waals surface area contributed by atoms with E-state index < -0.39 is 0 Å². The molecule has 1 unspecified atom stereocenters. The Kier molecular flexibility index (Phi) is 4.25. The minimum absolute atomic E-state index is 0.423. The van der Waals surface area contributed by atoms with Crippen LogP contribution in [0.15, 0.2) is 36.8 Å². The molecular weight excluding hydrogens is 262 g/mol. The maximum atomic E-state index is 5.74. The fourth-order valence-corrected chi connectivity index (χ4v) is 2.72. The molecule has 0 radical (unpaired) electrons. The Labute approximate surface area is 126 Å². The lowest BCUT2D eigenvalue weighted by Crippen LogP contribution is -2.19. The molecule has 2 aromatic rings. The van der Waals surface area contributed by atoms with Crippen molar-refractivity contribution in [2.75, 3.05) is 13.2 Å². The molecule has 0 amide bonds. The molecule has 0 spiro atoms. The van der Waals surface area contributed by atoms with Crippen LogP contribution >= 0.6 is 0 Å². The van der Waals surface area contributed by atoms with Crippen LogP contribution in [-0.2, 0) is 13.1 Å². The minimum atomic E-state index is 0.423. The van der Waals surface area contributed by atoms with Crippen molar-refractivity contribution >= 4 is 0 Å². The van der Waals surface area contributed by atoms with Gasteiger partial charge in [0, 0.05) is 30.8 Å². The van der Waals surface area contributed by atoms with E-state index in [4.69, 9.17) is 4.74 Å². The molecular formula is C17H23N3O. The van der Waals surface area contributed by atoms with E-state index in [-0.39, 0.29) is 0 Å². The van der Waals surface area contributed by atoms with Crippen LogP contribution in [0, 0.1) is 5.92 Å². The number of hydrogen-bond acceptors (Lipinski definition) is 3. The topological polar surface area (TPSA) is 39.1 Å². The molecule has 1 N–H and O–H groups in total. The quantitative estimate of drug-likeness (QED) is 0.887. The van der Waals surface area contributed by atoms with Crippen molar-refractivity contribution in [2.45, 2.75) is 32.9 Å². The summed E-state index contributed by atoms with van der Waals surface area (Å²) in [5.74, 6) is 2.12. The fraction of sp³-hybridized carbons (Fsp3) is 0.471. The fourth-order valence-electron chi connectivity index (χ4n) is 2.72. The zero-order valence-corrected chi connectivity index (χ0v) is 12.7. The van der Waals surface area contributed by atoms with Gasteiger partial charge in [-0.3, -0.25) is 0 Å². The molecule has 21 heavy (non-hydrogen) atoms. The second-order valence-electron chi connectivity index (χ2n) is 6.13. The van der Waals surface area contributed by atoms with Crippen LogP contribution in [-0.4, -0.2) is 22.7 Å². The molecule has 4 heteroatoms. The summed E-state index contributed by atoms with van der Waals surface area (Å²) in [7, 11) is 0. The Balaban J connectivity index is 1.58. The Morgan fingerprint density at radius 3 is 3.10 bits per heavy atom. The van der Waals surface area contributed by atoms with Crippen molar-refractivity contribution < 1.29 is 4.74 Å². The molecule has 1 atom stereocenters. The van der Waals surface area contributed by atoms with E-state index in [1.54, 1.807) is 0 Å². The minimum Gasteiger partial charge on any atom is -0.493 e. The van der Waals surface area contributed by atoms with Gasteiger partial charge in [-0.1, -0.05) is 32.0 Å². The first-order valence-electron chi connectivity index (χ1n) is 7.65. The highest BCUT2D eigenvalue weighted by atomic mass is 16.5. The number of nitrogens with zero attached hydrogens (tertiary/aromatic N) is 2. The van der Waals surface area contributed by atoms with Crippen molar-refractivity contribution in [3.8, 4) is 5.75 Å². The van der Waals surface area contributed by atoms with Gasteiger partial charge in [-0.2, -0.15) is 0 Å². The number of ether oxygens (including phenoxy) is 1. The number of fused-ring (bicyclic) bond motifs is 1. The molecule has 1 aliphatic rings. The molecule has 0 bridgehead atoms. The summed E-state index contributed by atoms with van der Waals surface area (Å²) in [5, 5.41) is 3.42. The van der Waals surface area contributed by atoms with Crippen LogP contribution < -0.4 is 10.1 Å². The van der Waals surface area contributed by atoms with Crippen molar-refractivity contribution in [3.63, 3.8) is 0 Å². The molecule has 0 saturated carbocycles. The van der Waals surface area contributed by atoms with Crippen molar-refractivity contribution in [1.82, 2.24) is 14.9 Å². The van der Waals surface area contributed by atoms with Gasteiger partial charge in [-0.25, -0.2) is 4.98 Å². The number of rotatable bonds is 6. The lowest BCUT2D eigenvalue weighted by molar-refractivity contribution is 0.319. The lowest BCUT2D eigenvalue weighted by atomic mass is 10.0. The van der Waals surface area contributed by atoms with Crippen LogP contribution in [0.2, 0.25) is 0 Å². The van der Waals surface area contributed by atoms with E-state index in [2.05, 4.69) is 47.0 Å². The molecule has 112 valence electrons. The van der Waals surface area contributed by atoms with Crippen molar-refractivity contribution in [2.24, 2.45) is 5.92 Å². The first kappa shape index (κ1) is 14.1. The number of benzene rings is 1. The predicted molar refractivity (Wildman–Crippen MR) is 83.4 cm³/mol. The summed E-state index contributed by atoms with van der Waals surface area (Å²) in [5.41, 5.74) is 2.41. The van der Waals surface area contributed by atoms with Gasteiger partial charge < -0.3 is 14.6 Å². The van der Waals surface area contributed by atoms with Gasteiger partial charge in [0.05, 0.1) is 18.6 Å². The smallest absolute Gasteiger partial charge is 0.122 e. The third-order valence-corrected chi connectivity index (χ3v) is 3.78. The summed E-state index contributed by atoms with van der Waals surface area (Å²) in [6, 6.07) is 8.31. The predicted octanol–water partition coefficient (Wildman–Crippen LogP) is 2.80. The van der Waals surface area contributed by atoms with Gasteiger partial charge in [-0.05, 0) is 18.5 Å². The first-order chi connectivity index (χ1) is 10.2. The molecule has 0 fully saturated rings. The molecule has 4 nitrogen and oxygen atoms in total. The summed E-state index contributed by atoms with van der Waals surface area (Å²) >= 11 is 0. The first-order valence-corrected chi connectivity index (χ1v) is 7.65. The van der Waals surface area contributed by atoms with E-state index in [1.165, 1.54) is 5.56 Å². The second-order valence-corrected chi connectivity index (χ2v) is 6.13. The molecule has 1 aromatic carbocycles. The summed E-state index contributed by atoms with van der Waals surface area (Å²) in [4.78, 5) is 4.47. The van der Waals surface area contributed by atoms with Crippen molar-refractivity contribution in [1.29, 1.82) is 0 Å². The van der Waals surface area contributed by atoms with Crippen LogP contribution in [0.1, 0.15) is 31.0 Å². The molecule has 0 aliphatic carbocycles. The lowest BCUT2D eigenvalue weighted by Gasteiger charge is -2.09. The molecule has 1 aliphatic heterocycles. The van der Waals surface area contributed by atoms with Gasteiger partial charge in [-0.15, -0.1) is 0 Å². The van der Waals surface area contributed by atoms with Gasteiger partial charge in [0.25, 0.3) is 0 Å². The second kappa shape index (κ2) is 6.31. The highest BCUT2D eigenvalue weighted by Gasteiger charge is 2.23. The third kappa shape index (κ3) is 3.45. The largest absolute Gasteiger partial charge is 0.493 e. The highest BCUT2D eigenvalue weighted by Crippen LogP contribution is 2.34. The molecule has 2 heterocycles. The van der Waals surface area contributed by atoms with Crippen LogP contribution in [0.4, 0.5) is 0 Å². The summed E-state index contributed by atoms with van der Waals surface area (Å²) in [6.07, 6.45) is 4.06. The van der Waals surface area contributed by atoms with E-state index in [1.807, 2.05) is 18.5 Å². The van der Waals surface area contributed by atoms with E-state index in [9.17, 15) is 0 Å². The number of nitrogens with one attached hydrogen (secondary N) is 1. The van der Waals surface area contributed by atoms with E-state index in [0.29, 0.717) is 11.8 Å². The SMILES string of the molecule is CC(C)CNCc1cn(CC2COc3ccccc32)cn1. The number of imidazole rings is 1. The standard InChI is InChI=1S/C17H23N3O/c1-13(2)7-18-8-15-10-20(12-19-15)9-14-11-21-17-6-4-3-5-16(14)17/h3-6,10,12-14,18H,7-9,11H2,1-2H3. The zero-order valence-electron chi connectivity index (χ0n) is 12.7. The average Bonchev–Trinajstić information content (AvgIpc) is 3.07. The maximum absolute atomic E-state index is 5.74. The molecule has 0 saturated heterocycles. The monoisotopic (exact) mass is 285 g/mol. The summed E-state index contributed by atoms with van der Waals surface area (Å²) < 4.78 is 7.90. The molecule has 1 aromatic heterocycles. The third-order valence-electron chi connectivity index (χ3n) is 3.78. The van der Waals surface area contributed by atoms with Crippen molar-refractivity contribution in [3.05, 3.63) is 48.0 Å². The van der Waals surface area contributed by atoms with Gasteiger partial charge in [0.2, 0.25) is 0 Å². The number of para-hydroxylation sites is 1.